The molecule has 11 aromatic rings. The molecule has 1 saturated carbocycles. The number of benzene rings is 3. The number of thiophene rings is 2. The molecule has 8 aromatic heterocycles. The molecule has 470 valence electrons. The lowest BCUT2D eigenvalue weighted by atomic mass is 9.96. The van der Waals surface area contributed by atoms with Crippen LogP contribution in [0.5, 0.6) is 0 Å². The fourth-order valence-electron chi connectivity index (χ4n) is 14.9. The number of aromatic nitrogens is 9. The van der Waals surface area contributed by atoms with E-state index in [0.717, 1.165) is 74.5 Å². The number of hydrogen-bond acceptors (Lipinski definition) is 17. The largest absolute Gasteiger partial charge is 0.349 e. The molecule has 18 nitrogen and oxygen atoms in total. The summed E-state index contributed by atoms with van der Waals surface area (Å²) in [7, 11) is 0. The van der Waals surface area contributed by atoms with Crippen molar-refractivity contribution < 1.29 is 27.6 Å². The standard InChI is InChI=1S/C24H21ClFN5O.2C23H18FN5OS/c1-2-19(32)30-9-8-17-18(30)11-31(17)24-15-10-27-22(21(26)23(15)28-12-29-24)14-4-3-5-16(25)20(14)13-6-7-13;1-2-19(30)28-8-6-16-17(28)11-29(16)23-15-10-25-21(20(24)22(15)26-12-27-23)14-4-3-5-18-13(14)7-9-31-18;1-2-18(30)28-8-6-16-17(28)11-29(16)23-15-10-25-20(19(24)21(15)26-12-27-23)14-5-3-4-13-7-9-31-22(13)14/h2-5,10,12-13,17-18H,1,6-9,11H2;2*2-5,7,9-10,12,16-17H,1,6,8,11H2/t17-,18-;2*16-,17-/m111/s1. The van der Waals surface area contributed by atoms with Crippen molar-refractivity contribution in [2.45, 2.75) is 74.3 Å². The van der Waals surface area contributed by atoms with E-state index in [1.807, 2.05) is 92.2 Å². The van der Waals surface area contributed by atoms with E-state index in [1.165, 1.54) is 37.2 Å². The Hall–Kier alpha value is -9.84. The monoisotopic (exact) mass is 1310 g/mol. The molecule has 94 heavy (non-hydrogen) atoms. The van der Waals surface area contributed by atoms with Gasteiger partial charge in [0.05, 0.1) is 52.4 Å². The van der Waals surface area contributed by atoms with Crippen molar-refractivity contribution in [2.24, 2.45) is 0 Å². The number of pyridine rings is 3. The van der Waals surface area contributed by atoms with Gasteiger partial charge >= 0.3 is 0 Å². The van der Waals surface area contributed by atoms with Gasteiger partial charge in [-0.25, -0.2) is 43.1 Å². The van der Waals surface area contributed by atoms with Gasteiger partial charge in [0.15, 0.2) is 17.5 Å². The van der Waals surface area contributed by atoms with Crippen molar-refractivity contribution in [3.63, 3.8) is 0 Å². The summed E-state index contributed by atoms with van der Waals surface area (Å²) < 4.78 is 49.0. The van der Waals surface area contributed by atoms with E-state index in [-0.39, 0.29) is 76.2 Å². The van der Waals surface area contributed by atoms with Crippen LogP contribution in [0.2, 0.25) is 5.02 Å². The first-order valence-electron chi connectivity index (χ1n) is 31.1. The first-order chi connectivity index (χ1) is 45.9. The van der Waals surface area contributed by atoms with E-state index in [0.29, 0.717) is 95.2 Å². The molecule has 0 bridgehead atoms. The molecule has 18 rings (SSSR count). The smallest absolute Gasteiger partial charge is 0.246 e. The van der Waals surface area contributed by atoms with Crippen LogP contribution in [-0.4, -0.2) is 153 Å². The highest BCUT2D eigenvalue weighted by Gasteiger charge is 2.52. The first kappa shape index (κ1) is 59.2. The third-order valence-electron chi connectivity index (χ3n) is 19.7. The number of hydrogen-bond donors (Lipinski definition) is 0. The number of rotatable bonds is 10. The fraction of sp³-hybridized carbons (Fsp3) is 0.257. The van der Waals surface area contributed by atoms with E-state index >= 15 is 13.2 Å². The Kier molecular flexibility index (Phi) is 14.9. The maximum Gasteiger partial charge on any atom is 0.246 e. The lowest BCUT2D eigenvalue weighted by molar-refractivity contribution is -0.128. The third-order valence-corrected chi connectivity index (χ3v) is 21.8. The Morgan fingerprint density at radius 3 is 1.37 bits per heavy atom. The second kappa shape index (κ2) is 23.6. The minimum Gasteiger partial charge on any atom is -0.349 e. The molecule has 7 fully saturated rings. The van der Waals surface area contributed by atoms with Gasteiger partial charge in [-0.05, 0) is 102 Å². The Morgan fingerprint density at radius 1 is 0.468 bits per heavy atom. The van der Waals surface area contributed by atoms with Crippen molar-refractivity contribution in [3.05, 3.63) is 181 Å². The Balaban J connectivity index is 0.000000112. The summed E-state index contributed by atoms with van der Waals surface area (Å²) in [6, 6.07) is 22.1. The Bertz CT molecular complexity index is 4780. The van der Waals surface area contributed by atoms with Crippen molar-refractivity contribution >= 4 is 122 Å². The SMILES string of the molecule is C=CC(=O)N1CC[C@@H]2[C@H]1CN2c1ncnc2c(F)c(-c3cccc(Cl)c3C3CC3)ncc12.C=CC(=O)N1CC[C@@H]2[C@H]1CN2c1ncnc2c(F)c(-c3cccc4ccsc34)ncc12.C=CC(=O)N1CC[C@@H]2[C@H]1CN2c1ncnc2c(F)c(-c3cccc4sccc34)ncc12. The summed E-state index contributed by atoms with van der Waals surface area (Å²) in [5.74, 6) is 0.906. The minimum atomic E-state index is -0.456. The summed E-state index contributed by atoms with van der Waals surface area (Å²) in [5, 5.41) is 8.46. The number of fused-ring (bicyclic) bond motifs is 8. The Morgan fingerprint density at radius 2 is 0.894 bits per heavy atom. The van der Waals surface area contributed by atoms with Crippen LogP contribution >= 0.6 is 34.3 Å². The predicted octanol–water partition coefficient (Wildman–Crippen LogP) is 12.4. The first-order valence-corrected chi connectivity index (χ1v) is 33.2. The number of nitrogens with zero attached hydrogens (tertiary/aromatic N) is 15. The van der Waals surface area contributed by atoms with Crippen molar-refractivity contribution in [2.75, 3.05) is 54.0 Å². The fourth-order valence-corrected chi connectivity index (χ4v) is 16.9. The molecule has 3 amide bonds. The summed E-state index contributed by atoms with van der Waals surface area (Å²) >= 11 is 9.65. The average Bonchev–Trinajstić information content (AvgIpc) is 1.41. The second-order valence-corrected chi connectivity index (χ2v) is 26.6. The summed E-state index contributed by atoms with van der Waals surface area (Å²) in [6.45, 7) is 14.8. The van der Waals surface area contributed by atoms with Gasteiger partial charge < -0.3 is 29.4 Å². The third kappa shape index (κ3) is 9.62. The van der Waals surface area contributed by atoms with Crippen molar-refractivity contribution in [3.8, 4) is 33.8 Å². The minimum absolute atomic E-state index is 0.0419. The van der Waals surface area contributed by atoms with Crippen LogP contribution < -0.4 is 14.7 Å². The molecule has 7 aliphatic rings. The van der Waals surface area contributed by atoms with Gasteiger partial charge in [-0.1, -0.05) is 73.8 Å². The number of halogens is 4. The van der Waals surface area contributed by atoms with Gasteiger partial charge in [0, 0.05) is 94.4 Å². The molecule has 24 heteroatoms. The molecule has 0 radical (unpaired) electrons. The number of anilines is 3. The van der Waals surface area contributed by atoms with Gasteiger partial charge in [-0.3, -0.25) is 29.3 Å². The quantitative estimate of drug-likeness (QED) is 0.118. The van der Waals surface area contributed by atoms with Gasteiger partial charge in [0.25, 0.3) is 0 Å². The second-order valence-electron chi connectivity index (χ2n) is 24.3. The molecular weight excluding hydrogens is 1260 g/mol. The highest BCUT2D eigenvalue weighted by atomic mass is 35.5. The van der Waals surface area contributed by atoms with Gasteiger partial charge in [-0.2, -0.15) is 0 Å². The summed E-state index contributed by atoms with van der Waals surface area (Å²) in [6.07, 6.45) is 18.0. The summed E-state index contributed by atoms with van der Waals surface area (Å²) in [5.41, 5.74) is 4.89. The van der Waals surface area contributed by atoms with Gasteiger partial charge in [0.1, 0.15) is 70.1 Å². The van der Waals surface area contributed by atoms with Gasteiger partial charge in [-0.15, -0.1) is 22.7 Å². The van der Waals surface area contributed by atoms with Gasteiger partial charge in [0.2, 0.25) is 17.7 Å². The van der Waals surface area contributed by atoms with E-state index in [1.54, 1.807) is 41.3 Å². The van der Waals surface area contributed by atoms with Crippen LogP contribution in [0.25, 0.3) is 86.7 Å². The maximum atomic E-state index is 15.7. The molecular formula is C70H57ClF3N15O3S2. The van der Waals surface area contributed by atoms with Crippen LogP contribution in [-0.2, 0) is 14.4 Å². The van der Waals surface area contributed by atoms with Crippen molar-refractivity contribution in [1.29, 1.82) is 0 Å². The predicted molar refractivity (Wildman–Crippen MR) is 360 cm³/mol. The number of likely N-dealkylation sites (tertiary alicyclic amines) is 3. The van der Waals surface area contributed by atoms with E-state index < -0.39 is 17.5 Å². The average molecular weight is 1310 g/mol. The topological polar surface area (TPSA) is 187 Å². The molecule has 6 saturated heterocycles. The van der Waals surface area contributed by atoms with E-state index in [9.17, 15) is 14.4 Å². The highest BCUT2D eigenvalue weighted by molar-refractivity contribution is 7.18. The lowest BCUT2D eigenvalue weighted by Crippen LogP contribution is -2.63. The molecule has 0 spiro atoms. The zero-order valence-corrected chi connectivity index (χ0v) is 52.8. The van der Waals surface area contributed by atoms with Crippen LogP contribution in [0.3, 0.4) is 0 Å². The Labute approximate surface area is 549 Å². The molecule has 1 aliphatic carbocycles. The molecule has 3 aromatic carbocycles. The van der Waals surface area contributed by atoms with Crippen LogP contribution in [0.4, 0.5) is 30.6 Å². The molecule has 14 heterocycles. The molecule has 6 aliphatic heterocycles. The maximum absolute atomic E-state index is 15.7. The zero-order valence-electron chi connectivity index (χ0n) is 50.4. The van der Waals surface area contributed by atoms with Crippen LogP contribution in [0.15, 0.2) is 153 Å². The molecule has 0 unspecified atom stereocenters. The highest BCUT2D eigenvalue weighted by Crippen LogP contribution is 2.49. The van der Waals surface area contributed by atoms with E-state index in [4.69, 9.17) is 11.6 Å². The molecule has 6 atom stereocenters. The number of amides is 3. The zero-order chi connectivity index (χ0) is 64.2. The van der Waals surface area contributed by atoms with Crippen LogP contribution in [0.1, 0.15) is 43.6 Å². The number of carbonyl (C=O) groups is 3. The lowest BCUT2D eigenvalue weighted by Gasteiger charge is -2.47. The van der Waals surface area contributed by atoms with E-state index in [2.05, 4.69) is 79.3 Å². The normalized spacial score (nSPS) is 20.8. The number of carbonyl (C=O) groups excluding carboxylic acids is 3. The molecule has 0 N–H and O–H groups in total. The van der Waals surface area contributed by atoms with Crippen LogP contribution in [0, 0.1) is 17.5 Å². The van der Waals surface area contributed by atoms with Crippen molar-refractivity contribution in [1.82, 2.24) is 59.6 Å². The summed E-state index contributed by atoms with van der Waals surface area (Å²) in [4.78, 5) is 87.8.